The lowest BCUT2D eigenvalue weighted by atomic mass is 10.1. The third kappa shape index (κ3) is 3.20. The van der Waals surface area contributed by atoms with Crippen LogP contribution in [-0.4, -0.2) is 17.1 Å². The van der Waals surface area contributed by atoms with Gasteiger partial charge in [0.15, 0.2) is 11.6 Å². The van der Waals surface area contributed by atoms with Crippen LogP contribution in [-0.2, 0) is 11.3 Å². The van der Waals surface area contributed by atoms with Gasteiger partial charge in [0.25, 0.3) is 0 Å². The van der Waals surface area contributed by atoms with Gasteiger partial charge in [-0.25, -0.2) is 18.0 Å². The summed E-state index contributed by atoms with van der Waals surface area (Å²) in [4.78, 5) is 24.6. The van der Waals surface area contributed by atoms with Gasteiger partial charge in [-0.2, -0.15) is 0 Å². The van der Waals surface area contributed by atoms with Gasteiger partial charge in [-0.3, -0.25) is 4.79 Å². The highest BCUT2D eigenvalue weighted by Crippen LogP contribution is 2.19. The number of hydrogen-bond donors (Lipinski definition) is 0. The lowest BCUT2D eigenvalue weighted by molar-refractivity contribution is 0.0524. The molecule has 1 aromatic heterocycles. The molecule has 1 heterocycles. The van der Waals surface area contributed by atoms with Gasteiger partial charge in [0.2, 0.25) is 5.43 Å². The number of pyridine rings is 1. The van der Waals surface area contributed by atoms with E-state index in [1.165, 1.54) is 29.0 Å². The number of aromatic nitrogens is 1. The quantitative estimate of drug-likeness (QED) is 0.667. The van der Waals surface area contributed by atoms with Crippen LogP contribution in [0, 0.1) is 17.5 Å². The van der Waals surface area contributed by atoms with Gasteiger partial charge in [-0.15, -0.1) is 0 Å². The Labute approximate surface area is 146 Å². The number of hydrogen-bond acceptors (Lipinski definition) is 3. The number of nitrogens with zero attached hydrogens (tertiary/aromatic N) is 1. The second-order valence-electron chi connectivity index (χ2n) is 5.60. The summed E-state index contributed by atoms with van der Waals surface area (Å²) in [6.45, 7) is 1.54. The normalized spacial score (nSPS) is 10.9. The van der Waals surface area contributed by atoms with Gasteiger partial charge < -0.3 is 9.30 Å². The van der Waals surface area contributed by atoms with E-state index in [1.807, 2.05) is 0 Å². The van der Waals surface area contributed by atoms with Gasteiger partial charge in [0.1, 0.15) is 11.4 Å². The number of benzene rings is 2. The smallest absolute Gasteiger partial charge is 0.343 e. The van der Waals surface area contributed by atoms with Gasteiger partial charge in [-0.1, -0.05) is 18.2 Å². The Hall–Kier alpha value is -3.09. The summed E-state index contributed by atoms with van der Waals surface area (Å²) in [5, 5.41) is -0.189. The molecule has 0 aliphatic heterocycles. The minimum atomic E-state index is -1.21. The minimum Gasteiger partial charge on any atom is -0.462 e. The van der Waals surface area contributed by atoms with Crippen LogP contribution in [0.3, 0.4) is 0 Å². The molecule has 0 amide bonds. The van der Waals surface area contributed by atoms with E-state index in [9.17, 15) is 22.8 Å². The highest BCUT2D eigenvalue weighted by atomic mass is 19.2. The molecule has 0 atom stereocenters. The Morgan fingerprint density at radius 2 is 1.77 bits per heavy atom. The molecule has 0 aliphatic rings. The molecule has 26 heavy (non-hydrogen) atoms. The molecule has 7 heteroatoms. The third-order valence-electron chi connectivity index (χ3n) is 3.92. The van der Waals surface area contributed by atoms with Crippen LogP contribution in [0.15, 0.2) is 47.4 Å². The monoisotopic (exact) mass is 361 g/mol. The number of fused-ring (bicyclic) bond motifs is 1. The summed E-state index contributed by atoms with van der Waals surface area (Å²) < 4.78 is 47.5. The molecule has 2 aromatic carbocycles. The molecular formula is C19H14F3NO3. The van der Waals surface area contributed by atoms with E-state index in [4.69, 9.17) is 4.74 Å². The maximum atomic E-state index is 14.0. The van der Waals surface area contributed by atoms with E-state index < -0.39 is 28.8 Å². The first-order chi connectivity index (χ1) is 12.4. The summed E-state index contributed by atoms with van der Waals surface area (Å²) in [6, 6.07) is 7.49. The predicted molar refractivity (Wildman–Crippen MR) is 89.6 cm³/mol. The lowest BCUT2D eigenvalue weighted by Crippen LogP contribution is -2.21. The molecule has 0 saturated heterocycles. The van der Waals surface area contributed by atoms with E-state index in [2.05, 4.69) is 0 Å². The highest BCUT2D eigenvalue weighted by molar-refractivity contribution is 5.93. The van der Waals surface area contributed by atoms with Crippen molar-refractivity contribution >= 4 is 16.9 Å². The number of halogens is 3. The average molecular weight is 361 g/mol. The molecule has 0 saturated carbocycles. The fraction of sp³-hybridized carbons (Fsp3) is 0.158. The van der Waals surface area contributed by atoms with E-state index in [1.54, 1.807) is 13.0 Å². The Morgan fingerprint density at radius 3 is 2.46 bits per heavy atom. The van der Waals surface area contributed by atoms with Crippen molar-refractivity contribution < 1.29 is 22.7 Å². The van der Waals surface area contributed by atoms with Crippen LogP contribution in [0.5, 0.6) is 0 Å². The Balaban J connectivity index is 2.27. The minimum absolute atomic E-state index is 0.0431. The zero-order valence-electron chi connectivity index (χ0n) is 13.8. The van der Waals surface area contributed by atoms with Crippen molar-refractivity contribution in [3.63, 3.8) is 0 Å². The van der Waals surface area contributed by atoms with Crippen molar-refractivity contribution in [1.29, 1.82) is 0 Å². The summed E-state index contributed by atoms with van der Waals surface area (Å²) >= 11 is 0. The van der Waals surface area contributed by atoms with E-state index in [-0.39, 0.29) is 35.2 Å². The molecule has 3 aromatic rings. The number of carbonyl (C=O) groups excluding carboxylic acids is 1. The molecule has 0 fully saturated rings. The van der Waals surface area contributed by atoms with Crippen LogP contribution in [0.2, 0.25) is 0 Å². The number of rotatable bonds is 4. The first-order valence-corrected chi connectivity index (χ1v) is 7.85. The molecule has 134 valence electrons. The summed E-state index contributed by atoms with van der Waals surface area (Å²) in [5.74, 6) is -3.75. The van der Waals surface area contributed by atoms with Crippen molar-refractivity contribution in [2.24, 2.45) is 0 Å². The highest BCUT2D eigenvalue weighted by Gasteiger charge is 2.19. The standard InChI is InChI=1S/C19H14F3NO3/c1-2-26-19(25)13-10-23(9-11-5-3-4-6-14(11)20)17-8-16(22)15(21)7-12(17)18(13)24/h3-8,10H,2,9H2,1H3. The SMILES string of the molecule is CCOC(=O)c1cn(Cc2ccccc2F)c2cc(F)c(F)cc2c1=O. The van der Waals surface area contributed by atoms with Crippen LogP contribution >= 0.6 is 0 Å². The largest absolute Gasteiger partial charge is 0.462 e. The Morgan fingerprint density at radius 1 is 1.08 bits per heavy atom. The molecule has 4 nitrogen and oxygen atoms in total. The first-order valence-electron chi connectivity index (χ1n) is 7.85. The number of esters is 1. The second kappa shape index (κ2) is 7.03. The maximum absolute atomic E-state index is 14.0. The van der Waals surface area contributed by atoms with E-state index in [0.717, 1.165) is 12.1 Å². The van der Waals surface area contributed by atoms with Crippen LogP contribution in [0.1, 0.15) is 22.8 Å². The number of ether oxygens (including phenoxy) is 1. The topological polar surface area (TPSA) is 48.3 Å². The van der Waals surface area contributed by atoms with E-state index in [0.29, 0.717) is 0 Å². The fourth-order valence-electron chi connectivity index (χ4n) is 2.68. The molecule has 0 aliphatic carbocycles. The van der Waals surface area contributed by atoms with Crippen molar-refractivity contribution in [1.82, 2.24) is 4.57 Å². The lowest BCUT2D eigenvalue weighted by Gasteiger charge is -2.14. The first kappa shape index (κ1) is 17.7. The third-order valence-corrected chi connectivity index (χ3v) is 3.92. The Bertz CT molecular complexity index is 1060. The van der Waals surface area contributed by atoms with Gasteiger partial charge in [0.05, 0.1) is 18.7 Å². The zero-order chi connectivity index (χ0) is 18.8. The van der Waals surface area contributed by atoms with Crippen LogP contribution in [0.4, 0.5) is 13.2 Å². The predicted octanol–water partition coefficient (Wildman–Crippen LogP) is 3.64. The van der Waals surface area contributed by atoms with Gasteiger partial charge in [0, 0.05) is 23.2 Å². The zero-order valence-corrected chi connectivity index (χ0v) is 13.8. The molecule has 0 N–H and O–H groups in total. The maximum Gasteiger partial charge on any atom is 0.343 e. The van der Waals surface area contributed by atoms with Crippen LogP contribution in [0.25, 0.3) is 10.9 Å². The fourth-order valence-corrected chi connectivity index (χ4v) is 2.68. The summed E-state index contributed by atoms with van der Waals surface area (Å²) in [5.41, 5.74) is -0.800. The molecule has 0 radical (unpaired) electrons. The van der Waals surface area contributed by atoms with Crippen LogP contribution < -0.4 is 5.43 Å². The average Bonchev–Trinajstić information content (AvgIpc) is 2.61. The molecule has 0 bridgehead atoms. The number of carbonyl (C=O) groups is 1. The van der Waals surface area contributed by atoms with Gasteiger partial charge in [-0.05, 0) is 19.1 Å². The van der Waals surface area contributed by atoms with Crippen molar-refractivity contribution in [3.05, 3.63) is 81.4 Å². The molecule has 3 rings (SSSR count). The second-order valence-corrected chi connectivity index (χ2v) is 5.60. The molecule has 0 spiro atoms. The Kier molecular flexibility index (Phi) is 4.79. The molecular weight excluding hydrogens is 347 g/mol. The van der Waals surface area contributed by atoms with E-state index >= 15 is 0 Å². The van der Waals surface area contributed by atoms with Gasteiger partial charge >= 0.3 is 5.97 Å². The summed E-state index contributed by atoms with van der Waals surface area (Å²) in [6.07, 6.45) is 1.17. The van der Waals surface area contributed by atoms with Crippen molar-refractivity contribution in [2.75, 3.05) is 6.61 Å². The summed E-state index contributed by atoms with van der Waals surface area (Å²) in [7, 11) is 0. The molecule has 0 unspecified atom stereocenters. The van der Waals surface area contributed by atoms with Crippen molar-refractivity contribution in [3.8, 4) is 0 Å². The van der Waals surface area contributed by atoms with Crippen molar-refractivity contribution in [2.45, 2.75) is 13.5 Å².